The fraction of sp³-hybridized carbons (Fsp3) is 0.636. The van der Waals surface area contributed by atoms with Gasteiger partial charge in [0, 0.05) is 24.7 Å². The molecule has 4 heteroatoms. The molecule has 86 valence electrons. The molecule has 1 heterocycles. The molecule has 4 nitrogen and oxygen atoms in total. The number of aromatic nitrogens is 1. The summed E-state index contributed by atoms with van der Waals surface area (Å²) in [7, 11) is 0. The van der Waals surface area contributed by atoms with E-state index >= 15 is 0 Å². The Labute approximate surface area is 89.9 Å². The van der Waals surface area contributed by atoms with Gasteiger partial charge in [0.25, 0.3) is 0 Å². The summed E-state index contributed by atoms with van der Waals surface area (Å²) in [5.41, 5.74) is 0.692. The maximum Gasteiger partial charge on any atom is 0.194 e. The van der Waals surface area contributed by atoms with Crippen LogP contribution in [-0.4, -0.2) is 28.4 Å². The Balaban J connectivity index is 2.17. The van der Waals surface area contributed by atoms with Crippen molar-refractivity contribution < 1.29 is 14.9 Å². The van der Waals surface area contributed by atoms with Crippen LogP contribution in [0.4, 0.5) is 0 Å². The van der Waals surface area contributed by atoms with Crippen molar-refractivity contribution in [3.63, 3.8) is 0 Å². The standard InChI is InChI=1S/C11H19NO3/c1-8(2)3-5-15-6-4-9-7-10(13)12-11(9)14/h7-8,12-14H,3-6H2,1-2H3. The van der Waals surface area contributed by atoms with Gasteiger partial charge in [-0.3, -0.25) is 4.98 Å². The van der Waals surface area contributed by atoms with Crippen LogP contribution in [0.15, 0.2) is 6.07 Å². The molecule has 0 atom stereocenters. The zero-order valence-electron chi connectivity index (χ0n) is 9.29. The summed E-state index contributed by atoms with van der Waals surface area (Å²) in [6.45, 7) is 5.62. The van der Waals surface area contributed by atoms with E-state index < -0.39 is 0 Å². The van der Waals surface area contributed by atoms with E-state index in [4.69, 9.17) is 9.84 Å². The van der Waals surface area contributed by atoms with Gasteiger partial charge in [-0.1, -0.05) is 13.8 Å². The average Bonchev–Trinajstić information content (AvgIpc) is 2.44. The van der Waals surface area contributed by atoms with Crippen LogP contribution < -0.4 is 0 Å². The van der Waals surface area contributed by atoms with Gasteiger partial charge in [0.05, 0.1) is 6.61 Å². The molecule has 1 aromatic rings. The summed E-state index contributed by atoms with van der Waals surface area (Å²) in [4.78, 5) is 2.42. The Morgan fingerprint density at radius 2 is 2.07 bits per heavy atom. The topological polar surface area (TPSA) is 65.5 Å². The first-order chi connectivity index (χ1) is 7.09. The summed E-state index contributed by atoms with van der Waals surface area (Å²) in [5, 5.41) is 18.4. The minimum absolute atomic E-state index is 0.00956. The van der Waals surface area contributed by atoms with Crippen LogP contribution in [0, 0.1) is 5.92 Å². The molecule has 0 fully saturated rings. The van der Waals surface area contributed by atoms with Crippen LogP contribution in [0.2, 0.25) is 0 Å². The molecule has 3 N–H and O–H groups in total. The summed E-state index contributed by atoms with van der Waals surface area (Å²) in [5.74, 6) is 0.666. The molecule has 0 unspecified atom stereocenters. The lowest BCUT2D eigenvalue weighted by atomic mass is 10.1. The van der Waals surface area contributed by atoms with Crippen molar-refractivity contribution in [3.05, 3.63) is 11.6 Å². The van der Waals surface area contributed by atoms with Crippen molar-refractivity contribution in [3.8, 4) is 11.8 Å². The quantitative estimate of drug-likeness (QED) is 0.633. The highest BCUT2D eigenvalue weighted by Gasteiger charge is 2.05. The molecule has 0 amide bonds. The fourth-order valence-corrected chi connectivity index (χ4v) is 1.26. The van der Waals surface area contributed by atoms with E-state index in [9.17, 15) is 5.11 Å². The second kappa shape index (κ2) is 5.66. The van der Waals surface area contributed by atoms with Gasteiger partial charge in [-0.05, 0) is 12.3 Å². The molecule has 0 saturated heterocycles. The number of rotatable bonds is 6. The predicted octanol–water partition coefficient (Wildman–Crippen LogP) is 2.03. The maximum absolute atomic E-state index is 9.30. The lowest BCUT2D eigenvalue weighted by Gasteiger charge is -2.05. The van der Waals surface area contributed by atoms with Crippen molar-refractivity contribution in [2.75, 3.05) is 13.2 Å². The van der Waals surface area contributed by atoms with Crippen molar-refractivity contribution >= 4 is 0 Å². The third-order valence-corrected chi connectivity index (χ3v) is 2.22. The highest BCUT2D eigenvalue weighted by Crippen LogP contribution is 2.21. The molecule has 0 radical (unpaired) electrons. The van der Waals surface area contributed by atoms with E-state index in [0.29, 0.717) is 24.5 Å². The summed E-state index contributed by atoms with van der Waals surface area (Å²) >= 11 is 0. The number of ether oxygens (including phenoxy) is 1. The van der Waals surface area contributed by atoms with Gasteiger partial charge >= 0.3 is 0 Å². The smallest absolute Gasteiger partial charge is 0.194 e. The van der Waals surface area contributed by atoms with Crippen molar-refractivity contribution in [2.45, 2.75) is 26.7 Å². The molecular weight excluding hydrogens is 194 g/mol. The zero-order chi connectivity index (χ0) is 11.3. The molecule has 0 spiro atoms. The average molecular weight is 213 g/mol. The Morgan fingerprint density at radius 3 is 2.60 bits per heavy atom. The number of aromatic hydroxyl groups is 2. The van der Waals surface area contributed by atoms with Crippen LogP contribution in [0.25, 0.3) is 0 Å². The van der Waals surface area contributed by atoms with Crippen LogP contribution in [0.3, 0.4) is 0 Å². The van der Waals surface area contributed by atoms with E-state index in [1.807, 2.05) is 0 Å². The lowest BCUT2D eigenvalue weighted by Crippen LogP contribution is -2.02. The Bertz CT molecular complexity index is 294. The minimum Gasteiger partial charge on any atom is -0.495 e. The van der Waals surface area contributed by atoms with Gasteiger partial charge in [-0.25, -0.2) is 0 Å². The minimum atomic E-state index is -0.00956. The van der Waals surface area contributed by atoms with Crippen LogP contribution in [0.1, 0.15) is 25.8 Å². The van der Waals surface area contributed by atoms with Gasteiger partial charge in [0.15, 0.2) is 11.8 Å². The third kappa shape index (κ3) is 4.25. The summed E-state index contributed by atoms with van der Waals surface area (Å²) < 4.78 is 5.41. The Hall–Kier alpha value is -1.16. The van der Waals surface area contributed by atoms with E-state index in [1.54, 1.807) is 0 Å². The predicted molar refractivity (Wildman–Crippen MR) is 58.1 cm³/mol. The molecule has 1 rings (SSSR count). The molecule has 0 saturated carbocycles. The highest BCUT2D eigenvalue weighted by atomic mass is 16.5. The second-order valence-electron chi connectivity index (χ2n) is 4.07. The highest BCUT2D eigenvalue weighted by molar-refractivity contribution is 5.32. The third-order valence-electron chi connectivity index (χ3n) is 2.22. The largest absolute Gasteiger partial charge is 0.495 e. The maximum atomic E-state index is 9.30. The molecular formula is C11H19NO3. The van der Waals surface area contributed by atoms with Crippen LogP contribution in [-0.2, 0) is 11.2 Å². The van der Waals surface area contributed by atoms with Crippen LogP contribution >= 0.6 is 0 Å². The number of hydrogen-bond donors (Lipinski definition) is 3. The molecule has 0 aliphatic rings. The molecule has 1 aromatic heterocycles. The molecule has 0 aliphatic heterocycles. The first-order valence-electron chi connectivity index (χ1n) is 5.27. The van der Waals surface area contributed by atoms with E-state index in [2.05, 4.69) is 18.8 Å². The lowest BCUT2D eigenvalue weighted by molar-refractivity contribution is 0.126. The van der Waals surface area contributed by atoms with Gasteiger partial charge in [0.1, 0.15) is 0 Å². The van der Waals surface area contributed by atoms with E-state index in [0.717, 1.165) is 13.0 Å². The van der Waals surface area contributed by atoms with Crippen molar-refractivity contribution in [1.82, 2.24) is 4.98 Å². The molecule has 0 bridgehead atoms. The molecule has 15 heavy (non-hydrogen) atoms. The summed E-state index contributed by atoms with van der Waals surface area (Å²) in [6.07, 6.45) is 1.66. The number of aromatic amines is 1. The number of hydrogen-bond acceptors (Lipinski definition) is 3. The first kappa shape index (κ1) is 11.9. The SMILES string of the molecule is CC(C)CCOCCc1cc(O)[nH]c1O. The molecule has 0 aliphatic carbocycles. The van der Waals surface area contributed by atoms with Crippen molar-refractivity contribution in [1.29, 1.82) is 0 Å². The fourth-order valence-electron chi connectivity index (χ4n) is 1.26. The second-order valence-corrected chi connectivity index (χ2v) is 4.07. The zero-order valence-corrected chi connectivity index (χ0v) is 9.29. The Morgan fingerprint density at radius 1 is 1.33 bits per heavy atom. The first-order valence-corrected chi connectivity index (χ1v) is 5.27. The van der Waals surface area contributed by atoms with Gasteiger partial charge in [0.2, 0.25) is 0 Å². The van der Waals surface area contributed by atoms with E-state index in [-0.39, 0.29) is 11.8 Å². The van der Waals surface area contributed by atoms with Gasteiger partial charge in [-0.15, -0.1) is 0 Å². The van der Waals surface area contributed by atoms with Gasteiger partial charge in [-0.2, -0.15) is 0 Å². The normalized spacial score (nSPS) is 11.1. The summed E-state index contributed by atoms with van der Waals surface area (Å²) in [6, 6.07) is 1.52. The number of H-pyrrole nitrogens is 1. The van der Waals surface area contributed by atoms with Crippen molar-refractivity contribution in [2.24, 2.45) is 5.92 Å². The van der Waals surface area contributed by atoms with E-state index in [1.165, 1.54) is 6.07 Å². The Kier molecular flexibility index (Phi) is 4.49. The van der Waals surface area contributed by atoms with Gasteiger partial charge < -0.3 is 14.9 Å². The monoisotopic (exact) mass is 213 g/mol. The van der Waals surface area contributed by atoms with Crippen LogP contribution in [0.5, 0.6) is 11.8 Å². The molecule has 0 aromatic carbocycles. The number of nitrogens with one attached hydrogen (secondary N) is 1.